The van der Waals surface area contributed by atoms with Gasteiger partial charge in [-0.3, -0.25) is 4.79 Å². The van der Waals surface area contributed by atoms with Crippen molar-refractivity contribution in [1.29, 1.82) is 0 Å². The van der Waals surface area contributed by atoms with Gasteiger partial charge in [0, 0.05) is 6.54 Å². The number of anilines is 2. The van der Waals surface area contributed by atoms with Crippen molar-refractivity contribution in [1.82, 2.24) is 10.2 Å². The standard InChI is InChI=1S/C18H24N4O/c1-13(2)10-11-19-16-8-9-17(22-21-16)20-18(23)12-15-6-4-14(3)5-7-15/h4-9,13H,10-12H2,1-3H3,(H,19,21)(H,20,22,23). The Morgan fingerprint density at radius 1 is 1.04 bits per heavy atom. The van der Waals surface area contributed by atoms with Crippen LogP contribution in [-0.4, -0.2) is 22.6 Å². The lowest BCUT2D eigenvalue weighted by molar-refractivity contribution is -0.115. The molecule has 0 aliphatic carbocycles. The van der Waals surface area contributed by atoms with E-state index >= 15 is 0 Å². The first-order chi connectivity index (χ1) is 11.0. The first-order valence-electron chi connectivity index (χ1n) is 7.96. The lowest BCUT2D eigenvalue weighted by Gasteiger charge is -2.08. The van der Waals surface area contributed by atoms with Gasteiger partial charge in [-0.05, 0) is 37.0 Å². The molecular formula is C18H24N4O. The SMILES string of the molecule is Cc1ccc(CC(=O)Nc2ccc(NCCC(C)C)nn2)cc1. The highest BCUT2D eigenvalue weighted by atomic mass is 16.1. The Labute approximate surface area is 137 Å². The molecule has 2 aromatic rings. The lowest BCUT2D eigenvalue weighted by Crippen LogP contribution is -2.16. The molecule has 1 heterocycles. The minimum atomic E-state index is -0.0938. The minimum absolute atomic E-state index is 0.0938. The number of aromatic nitrogens is 2. The van der Waals surface area contributed by atoms with Crippen molar-refractivity contribution in [2.24, 2.45) is 5.92 Å². The number of carbonyl (C=O) groups excluding carboxylic acids is 1. The smallest absolute Gasteiger partial charge is 0.229 e. The fourth-order valence-corrected chi connectivity index (χ4v) is 2.06. The van der Waals surface area contributed by atoms with E-state index in [-0.39, 0.29) is 5.91 Å². The van der Waals surface area contributed by atoms with E-state index in [2.05, 4.69) is 34.7 Å². The van der Waals surface area contributed by atoms with Gasteiger partial charge in [0.1, 0.15) is 5.82 Å². The summed E-state index contributed by atoms with van der Waals surface area (Å²) < 4.78 is 0. The normalized spacial score (nSPS) is 10.6. The molecule has 0 unspecified atom stereocenters. The molecule has 2 N–H and O–H groups in total. The Morgan fingerprint density at radius 3 is 2.30 bits per heavy atom. The highest BCUT2D eigenvalue weighted by Gasteiger charge is 2.06. The van der Waals surface area contributed by atoms with Gasteiger partial charge in [0.05, 0.1) is 6.42 Å². The molecule has 5 nitrogen and oxygen atoms in total. The average Bonchev–Trinajstić information content (AvgIpc) is 2.51. The van der Waals surface area contributed by atoms with Crippen molar-refractivity contribution >= 4 is 17.5 Å². The highest BCUT2D eigenvalue weighted by molar-refractivity contribution is 5.91. The van der Waals surface area contributed by atoms with Gasteiger partial charge in [-0.25, -0.2) is 0 Å². The van der Waals surface area contributed by atoms with E-state index in [0.717, 1.165) is 24.3 Å². The van der Waals surface area contributed by atoms with Gasteiger partial charge in [0.25, 0.3) is 0 Å². The van der Waals surface area contributed by atoms with Crippen LogP contribution in [0.4, 0.5) is 11.6 Å². The van der Waals surface area contributed by atoms with E-state index in [1.54, 1.807) is 6.07 Å². The molecule has 23 heavy (non-hydrogen) atoms. The van der Waals surface area contributed by atoms with Crippen molar-refractivity contribution in [3.63, 3.8) is 0 Å². The second-order valence-corrected chi connectivity index (χ2v) is 6.12. The molecule has 122 valence electrons. The van der Waals surface area contributed by atoms with Crippen molar-refractivity contribution in [3.05, 3.63) is 47.5 Å². The van der Waals surface area contributed by atoms with Crippen LogP contribution in [0.5, 0.6) is 0 Å². The molecule has 2 rings (SSSR count). The van der Waals surface area contributed by atoms with Gasteiger partial charge >= 0.3 is 0 Å². The lowest BCUT2D eigenvalue weighted by atomic mass is 10.1. The third kappa shape index (κ3) is 6.06. The van der Waals surface area contributed by atoms with Crippen LogP contribution in [-0.2, 0) is 11.2 Å². The number of nitrogens with zero attached hydrogens (tertiary/aromatic N) is 2. The van der Waals surface area contributed by atoms with Gasteiger partial charge in [0.2, 0.25) is 5.91 Å². The number of hydrogen-bond donors (Lipinski definition) is 2. The van der Waals surface area contributed by atoms with Crippen LogP contribution in [0.15, 0.2) is 36.4 Å². The van der Waals surface area contributed by atoms with E-state index in [9.17, 15) is 4.79 Å². The molecule has 1 aromatic heterocycles. The monoisotopic (exact) mass is 312 g/mol. The van der Waals surface area contributed by atoms with E-state index < -0.39 is 0 Å². The summed E-state index contributed by atoms with van der Waals surface area (Å²) >= 11 is 0. The maximum atomic E-state index is 12.0. The minimum Gasteiger partial charge on any atom is -0.369 e. The molecule has 0 bridgehead atoms. The van der Waals surface area contributed by atoms with Gasteiger partial charge in [0.15, 0.2) is 5.82 Å². The third-order valence-corrected chi connectivity index (χ3v) is 3.45. The largest absolute Gasteiger partial charge is 0.369 e. The molecule has 1 amide bonds. The van der Waals surface area contributed by atoms with E-state index in [0.29, 0.717) is 18.2 Å². The highest BCUT2D eigenvalue weighted by Crippen LogP contribution is 2.09. The van der Waals surface area contributed by atoms with Gasteiger partial charge in [-0.1, -0.05) is 43.7 Å². The summed E-state index contributed by atoms with van der Waals surface area (Å²) in [7, 11) is 0. The van der Waals surface area contributed by atoms with Gasteiger partial charge in [-0.15, -0.1) is 10.2 Å². The fraction of sp³-hybridized carbons (Fsp3) is 0.389. The van der Waals surface area contributed by atoms with Crippen molar-refractivity contribution in [3.8, 4) is 0 Å². The van der Waals surface area contributed by atoms with Crippen molar-refractivity contribution in [2.75, 3.05) is 17.2 Å². The second-order valence-electron chi connectivity index (χ2n) is 6.12. The fourth-order valence-electron chi connectivity index (χ4n) is 2.06. The topological polar surface area (TPSA) is 66.9 Å². The number of benzene rings is 1. The summed E-state index contributed by atoms with van der Waals surface area (Å²) in [5, 5.41) is 14.1. The van der Waals surface area contributed by atoms with Crippen LogP contribution in [0.2, 0.25) is 0 Å². The van der Waals surface area contributed by atoms with Crippen LogP contribution >= 0.6 is 0 Å². The summed E-state index contributed by atoms with van der Waals surface area (Å²) in [6.45, 7) is 7.25. The van der Waals surface area contributed by atoms with Crippen LogP contribution in [0.3, 0.4) is 0 Å². The van der Waals surface area contributed by atoms with Crippen LogP contribution in [0, 0.1) is 12.8 Å². The maximum absolute atomic E-state index is 12.0. The van der Waals surface area contributed by atoms with E-state index in [4.69, 9.17) is 0 Å². The zero-order valence-electron chi connectivity index (χ0n) is 14.0. The summed E-state index contributed by atoms with van der Waals surface area (Å²) in [6.07, 6.45) is 1.41. The van der Waals surface area contributed by atoms with E-state index in [1.165, 1.54) is 5.56 Å². The average molecular weight is 312 g/mol. The molecule has 0 atom stereocenters. The molecule has 0 saturated carbocycles. The Kier molecular flexibility index (Phi) is 6.09. The van der Waals surface area contributed by atoms with Crippen molar-refractivity contribution in [2.45, 2.75) is 33.6 Å². The summed E-state index contributed by atoms with van der Waals surface area (Å²) in [6, 6.07) is 11.5. The Balaban J connectivity index is 1.82. The molecule has 0 radical (unpaired) electrons. The third-order valence-electron chi connectivity index (χ3n) is 3.45. The van der Waals surface area contributed by atoms with E-state index in [1.807, 2.05) is 37.3 Å². The predicted molar refractivity (Wildman–Crippen MR) is 93.5 cm³/mol. The molecule has 0 spiro atoms. The van der Waals surface area contributed by atoms with Gasteiger partial charge < -0.3 is 10.6 Å². The Morgan fingerprint density at radius 2 is 1.70 bits per heavy atom. The summed E-state index contributed by atoms with van der Waals surface area (Å²) in [4.78, 5) is 12.0. The second kappa shape index (κ2) is 8.27. The van der Waals surface area contributed by atoms with Gasteiger partial charge in [-0.2, -0.15) is 0 Å². The zero-order valence-corrected chi connectivity index (χ0v) is 14.0. The molecule has 0 aliphatic heterocycles. The van der Waals surface area contributed by atoms with Crippen molar-refractivity contribution < 1.29 is 4.79 Å². The molecular weight excluding hydrogens is 288 g/mol. The number of aryl methyl sites for hydroxylation is 1. The predicted octanol–water partition coefficient (Wildman–Crippen LogP) is 3.42. The Bertz CT molecular complexity index is 620. The first-order valence-corrected chi connectivity index (χ1v) is 7.96. The first kappa shape index (κ1) is 16.9. The Hall–Kier alpha value is -2.43. The molecule has 0 aliphatic rings. The number of hydrogen-bond acceptors (Lipinski definition) is 4. The number of carbonyl (C=O) groups is 1. The molecule has 5 heteroatoms. The molecule has 1 aromatic carbocycles. The van der Waals surface area contributed by atoms with Crippen LogP contribution < -0.4 is 10.6 Å². The number of amides is 1. The quantitative estimate of drug-likeness (QED) is 0.822. The summed E-state index contributed by atoms with van der Waals surface area (Å²) in [5.41, 5.74) is 2.16. The van der Waals surface area contributed by atoms with Crippen LogP contribution in [0.1, 0.15) is 31.4 Å². The number of rotatable bonds is 7. The number of nitrogens with one attached hydrogen (secondary N) is 2. The zero-order chi connectivity index (χ0) is 16.7. The molecule has 0 fully saturated rings. The van der Waals surface area contributed by atoms with Crippen LogP contribution in [0.25, 0.3) is 0 Å². The maximum Gasteiger partial charge on any atom is 0.229 e. The summed E-state index contributed by atoms with van der Waals surface area (Å²) in [5.74, 6) is 1.75. The molecule has 0 saturated heterocycles.